The minimum atomic E-state index is 0.104. The van der Waals surface area contributed by atoms with Crippen molar-refractivity contribution in [2.45, 2.75) is 88.5 Å². The molecule has 1 nitrogen and oxygen atoms in total. The van der Waals surface area contributed by atoms with Crippen LogP contribution in [-0.4, -0.2) is 5.78 Å². The zero-order chi connectivity index (χ0) is 15.9. The maximum Gasteiger partial charge on any atom is 0.159 e. The van der Waals surface area contributed by atoms with Crippen LogP contribution >= 0.6 is 0 Å². The van der Waals surface area contributed by atoms with E-state index >= 15 is 0 Å². The van der Waals surface area contributed by atoms with Crippen molar-refractivity contribution in [1.82, 2.24) is 0 Å². The van der Waals surface area contributed by atoms with E-state index in [0.29, 0.717) is 17.6 Å². The van der Waals surface area contributed by atoms with Crippen LogP contribution in [0.5, 0.6) is 0 Å². The van der Waals surface area contributed by atoms with Crippen LogP contribution in [-0.2, 0) is 4.79 Å². The second-order valence-corrected chi connectivity index (χ2v) is 7.91. The molecule has 0 aliphatic carbocycles. The van der Waals surface area contributed by atoms with Gasteiger partial charge in [0.05, 0.1) is 0 Å². The van der Waals surface area contributed by atoms with Crippen LogP contribution in [0.1, 0.15) is 88.5 Å². The maximum atomic E-state index is 11.8. The standard InChI is InChI=1S/C12H22O.C6H14/c1-7-10(9(2)3)11(13)8-12(4,5)6;1-5-6(2,3)4/h7-8H2,1-6H3;5H2,1-4H3. The number of ketones is 1. The van der Waals surface area contributed by atoms with Crippen LogP contribution in [0.2, 0.25) is 0 Å². The fraction of sp³-hybridized carbons (Fsp3) is 0.833. The second-order valence-electron chi connectivity index (χ2n) is 7.91. The van der Waals surface area contributed by atoms with E-state index < -0.39 is 0 Å². The highest BCUT2D eigenvalue weighted by Gasteiger charge is 2.18. The summed E-state index contributed by atoms with van der Waals surface area (Å²) in [5.41, 5.74) is 2.82. The summed E-state index contributed by atoms with van der Waals surface area (Å²) in [6.07, 6.45) is 2.78. The summed E-state index contributed by atoms with van der Waals surface area (Å²) in [6.45, 7) is 21.3. The molecule has 0 amide bonds. The van der Waals surface area contributed by atoms with Crippen molar-refractivity contribution in [3.63, 3.8) is 0 Å². The molecule has 0 bridgehead atoms. The van der Waals surface area contributed by atoms with E-state index in [1.54, 1.807) is 0 Å². The van der Waals surface area contributed by atoms with Crippen molar-refractivity contribution < 1.29 is 4.79 Å². The Morgan fingerprint density at radius 2 is 1.21 bits per heavy atom. The average Bonchev–Trinajstić information content (AvgIpc) is 2.14. The number of rotatable bonds is 3. The molecular formula is C18H36O. The van der Waals surface area contributed by atoms with Gasteiger partial charge in [-0.15, -0.1) is 0 Å². The van der Waals surface area contributed by atoms with E-state index in [4.69, 9.17) is 0 Å². The molecule has 0 heterocycles. The van der Waals surface area contributed by atoms with E-state index in [1.807, 2.05) is 20.8 Å². The fourth-order valence-electron chi connectivity index (χ4n) is 1.42. The topological polar surface area (TPSA) is 17.1 Å². The molecule has 114 valence electrons. The van der Waals surface area contributed by atoms with E-state index in [1.165, 1.54) is 6.42 Å². The maximum absolute atomic E-state index is 11.8. The zero-order valence-corrected chi connectivity index (χ0v) is 15.0. The first-order valence-electron chi connectivity index (χ1n) is 7.53. The van der Waals surface area contributed by atoms with Crippen molar-refractivity contribution in [2.24, 2.45) is 10.8 Å². The summed E-state index contributed by atoms with van der Waals surface area (Å²) < 4.78 is 0. The number of Topliss-reactive ketones (excluding diaryl/α,β-unsaturated/α-hetero) is 1. The minimum absolute atomic E-state index is 0.104. The fourth-order valence-corrected chi connectivity index (χ4v) is 1.42. The molecule has 0 fully saturated rings. The molecule has 0 radical (unpaired) electrons. The molecule has 0 atom stereocenters. The Kier molecular flexibility index (Phi) is 9.33. The molecule has 0 saturated carbocycles. The first-order valence-corrected chi connectivity index (χ1v) is 7.53. The molecule has 19 heavy (non-hydrogen) atoms. The van der Waals surface area contributed by atoms with Gasteiger partial charge < -0.3 is 0 Å². The molecule has 0 aliphatic heterocycles. The minimum Gasteiger partial charge on any atom is -0.295 e. The first kappa shape index (κ1) is 20.7. The highest BCUT2D eigenvalue weighted by atomic mass is 16.1. The summed E-state index contributed by atoms with van der Waals surface area (Å²) in [5.74, 6) is 0.315. The first-order chi connectivity index (χ1) is 8.34. The summed E-state index contributed by atoms with van der Waals surface area (Å²) in [6, 6.07) is 0. The summed E-state index contributed by atoms with van der Waals surface area (Å²) in [7, 11) is 0. The number of allylic oxidation sites excluding steroid dienone is 2. The van der Waals surface area contributed by atoms with Gasteiger partial charge in [-0.25, -0.2) is 0 Å². The summed E-state index contributed by atoms with van der Waals surface area (Å²) >= 11 is 0. The zero-order valence-electron chi connectivity index (χ0n) is 15.0. The lowest BCUT2D eigenvalue weighted by atomic mass is 9.86. The van der Waals surface area contributed by atoms with E-state index in [0.717, 1.165) is 17.6 Å². The molecule has 0 aromatic heterocycles. The number of carbonyl (C=O) groups is 1. The van der Waals surface area contributed by atoms with Crippen molar-refractivity contribution in [2.75, 3.05) is 0 Å². The Morgan fingerprint density at radius 3 is 1.37 bits per heavy atom. The normalized spacial score (nSPS) is 11.5. The number of carbonyl (C=O) groups excluding carboxylic acids is 1. The van der Waals surface area contributed by atoms with Crippen LogP contribution in [0, 0.1) is 10.8 Å². The van der Waals surface area contributed by atoms with Gasteiger partial charge >= 0.3 is 0 Å². The van der Waals surface area contributed by atoms with Gasteiger partial charge in [-0.2, -0.15) is 0 Å². The van der Waals surface area contributed by atoms with Gasteiger partial charge in [-0.1, -0.05) is 67.4 Å². The molecule has 0 unspecified atom stereocenters. The third-order valence-electron chi connectivity index (χ3n) is 3.05. The Balaban J connectivity index is 0. The molecule has 0 aromatic carbocycles. The van der Waals surface area contributed by atoms with Gasteiger partial charge in [0.25, 0.3) is 0 Å². The van der Waals surface area contributed by atoms with Gasteiger partial charge in [0.15, 0.2) is 5.78 Å². The molecule has 0 aromatic rings. The summed E-state index contributed by atoms with van der Waals surface area (Å²) in [4.78, 5) is 11.8. The Bertz CT molecular complexity index is 291. The monoisotopic (exact) mass is 268 g/mol. The van der Waals surface area contributed by atoms with Gasteiger partial charge in [-0.05, 0) is 36.7 Å². The molecule has 1 heteroatoms. The average molecular weight is 268 g/mol. The van der Waals surface area contributed by atoms with Gasteiger partial charge in [0.2, 0.25) is 0 Å². The molecule has 0 saturated heterocycles. The van der Waals surface area contributed by atoms with Crippen LogP contribution in [0.25, 0.3) is 0 Å². The number of hydrogen-bond acceptors (Lipinski definition) is 1. The Labute approximate surface area is 121 Å². The Hall–Kier alpha value is -0.590. The van der Waals surface area contributed by atoms with Crippen molar-refractivity contribution >= 4 is 5.78 Å². The van der Waals surface area contributed by atoms with Crippen LogP contribution in [0.4, 0.5) is 0 Å². The largest absolute Gasteiger partial charge is 0.295 e. The smallest absolute Gasteiger partial charge is 0.159 e. The molecule has 0 aliphatic rings. The number of hydrogen-bond donors (Lipinski definition) is 0. The van der Waals surface area contributed by atoms with Gasteiger partial charge in [-0.3, -0.25) is 4.79 Å². The van der Waals surface area contributed by atoms with Crippen molar-refractivity contribution in [3.05, 3.63) is 11.1 Å². The lowest BCUT2D eigenvalue weighted by Gasteiger charge is -2.18. The predicted octanol–water partition coefficient (Wildman–Crippen LogP) is 6.18. The van der Waals surface area contributed by atoms with Crippen LogP contribution in [0.3, 0.4) is 0 Å². The lowest BCUT2D eigenvalue weighted by molar-refractivity contribution is -0.117. The highest BCUT2D eigenvalue weighted by Crippen LogP contribution is 2.23. The van der Waals surface area contributed by atoms with E-state index in [2.05, 4.69) is 48.5 Å². The quantitative estimate of drug-likeness (QED) is 0.558. The second kappa shape index (κ2) is 8.55. The Morgan fingerprint density at radius 1 is 0.842 bits per heavy atom. The third kappa shape index (κ3) is 13.6. The highest BCUT2D eigenvalue weighted by molar-refractivity contribution is 5.96. The molecule has 0 N–H and O–H groups in total. The van der Waals surface area contributed by atoms with Gasteiger partial charge in [0, 0.05) is 6.42 Å². The SMILES string of the molecule is CCC(C(=O)CC(C)(C)C)=C(C)C.CCC(C)(C)C. The van der Waals surface area contributed by atoms with Crippen molar-refractivity contribution in [1.29, 1.82) is 0 Å². The van der Waals surface area contributed by atoms with Crippen LogP contribution < -0.4 is 0 Å². The van der Waals surface area contributed by atoms with E-state index in [9.17, 15) is 4.79 Å². The van der Waals surface area contributed by atoms with Gasteiger partial charge in [0.1, 0.15) is 0 Å². The molecular weight excluding hydrogens is 232 g/mol. The van der Waals surface area contributed by atoms with Crippen LogP contribution in [0.15, 0.2) is 11.1 Å². The lowest BCUT2D eigenvalue weighted by Crippen LogP contribution is -2.15. The molecule has 0 rings (SSSR count). The summed E-state index contributed by atoms with van der Waals surface area (Å²) in [5, 5.41) is 0. The molecule has 0 spiro atoms. The van der Waals surface area contributed by atoms with E-state index in [-0.39, 0.29) is 5.41 Å². The van der Waals surface area contributed by atoms with Crippen molar-refractivity contribution in [3.8, 4) is 0 Å². The third-order valence-corrected chi connectivity index (χ3v) is 3.05. The predicted molar refractivity (Wildman–Crippen MR) is 87.5 cm³/mol.